The molecule has 0 atom stereocenters. The number of hydrogen-bond donors (Lipinski definition) is 0. The Balaban J connectivity index is 2.17. The van der Waals surface area contributed by atoms with E-state index in [2.05, 4.69) is 11.9 Å². The first kappa shape index (κ1) is 7.34. The molecule has 0 aromatic carbocycles. The van der Waals surface area contributed by atoms with Gasteiger partial charge in [0.15, 0.2) is 0 Å². The van der Waals surface area contributed by atoms with Crippen molar-refractivity contribution in [2.75, 3.05) is 6.54 Å². The van der Waals surface area contributed by atoms with Gasteiger partial charge in [-0.15, -0.1) is 0 Å². The summed E-state index contributed by atoms with van der Waals surface area (Å²) in [6.07, 6.45) is 0.772. The molecule has 0 spiro atoms. The Morgan fingerprint density at radius 2 is 2.62 bits per heavy atom. The number of amides is 1. The van der Waals surface area contributed by atoms with Crippen molar-refractivity contribution in [3.63, 3.8) is 0 Å². The molecule has 1 amide bonds. The summed E-state index contributed by atoms with van der Waals surface area (Å²) in [5.41, 5.74) is 0. The van der Waals surface area contributed by atoms with Gasteiger partial charge in [-0.25, -0.2) is 0 Å². The topological polar surface area (TPSA) is 20.3 Å². The number of carbonyl (C=O) groups is 1. The molecule has 0 radical (unpaired) electrons. The van der Waals surface area contributed by atoms with Gasteiger partial charge in [0.05, 0.1) is 0 Å². The van der Waals surface area contributed by atoms with Crippen molar-refractivity contribution in [2.45, 2.75) is 6.42 Å². The first-order valence-corrected chi connectivity index (χ1v) is 21.9. The van der Waals surface area contributed by atoms with Gasteiger partial charge in [0.2, 0.25) is 0 Å². The molecule has 1 aliphatic rings. The van der Waals surface area contributed by atoms with Crippen LogP contribution in [-0.4, -0.2) is 16.8 Å². The van der Waals surface area contributed by atoms with E-state index in [0.29, 0.717) is 5.91 Å². The molecule has 0 unspecified atom stereocenters. The standard InChI is InChI=1S/C3H4NOS.BrH.Hg/c5-3-1-2-4(3)6;;/h1-2H2;1H;/q-1;;+2/p-1. The average molecular weight is 383 g/mol. The molecule has 1 heterocycles. The molecular formula is C3H4BrHgNOS. The zero-order valence-electron chi connectivity index (χ0n) is 4.26. The summed E-state index contributed by atoms with van der Waals surface area (Å²) in [5, 5.41) is 0. The molecule has 1 aliphatic heterocycles. The van der Waals surface area contributed by atoms with Crippen LogP contribution in [0.15, 0.2) is 0 Å². The van der Waals surface area contributed by atoms with Gasteiger partial charge in [0, 0.05) is 0 Å². The monoisotopic (exact) mass is 383 g/mol. The van der Waals surface area contributed by atoms with E-state index in [1.54, 1.807) is 8.43 Å². The molecule has 2 nitrogen and oxygen atoms in total. The van der Waals surface area contributed by atoms with Crippen molar-refractivity contribution in [3.8, 4) is 0 Å². The number of carbonyl (C=O) groups excluding carboxylic acids is 1. The Kier molecular flexibility index (Phi) is 3.13. The summed E-state index contributed by atoms with van der Waals surface area (Å²) in [4.78, 5) is 10.5. The van der Waals surface area contributed by atoms with E-state index >= 15 is 0 Å². The van der Waals surface area contributed by atoms with Crippen molar-refractivity contribution in [3.05, 3.63) is 0 Å². The van der Waals surface area contributed by atoms with E-state index in [4.69, 9.17) is 0 Å². The molecule has 0 saturated carbocycles. The fourth-order valence-corrected chi connectivity index (χ4v) is 12.1. The molecule has 1 fully saturated rings. The van der Waals surface area contributed by atoms with Gasteiger partial charge in [-0.2, -0.15) is 0 Å². The third-order valence-electron chi connectivity index (χ3n) is 1.01. The van der Waals surface area contributed by atoms with Crippen LogP contribution < -0.4 is 0 Å². The van der Waals surface area contributed by atoms with E-state index in [0.717, 1.165) is 13.0 Å². The molecule has 1 saturated heterocycles. The maximum atomic E-state index is 10.5. The first-order chi connectivity index (χ1) is 3.84. The van der Waals surface area contributed by atoms with Crippen molar-refractivity contribution in [1.29, 1.82) is 0 Å². The van der Waals surface area contributed by atoms with Gasteiger partial charge in [0.25, 0.3) is 0 Å². The third-order valence-corrected chi connectivity index (χ3v) is 12.0. The zero-order valence-corrected chi connectivity index (χ0v) is 12.2. The summed E-state index contributed by atoms with van der Waals surface area (Å²) < 4.78 is 1.86. The van der Waals surface area contributed by atoms with Crippen LogP contribution in [0.2, 0.25) is 0 Å². The fourth-order valence-electron chi connectivity index (χ4n) is 0.490. The Morgan fingerprint density at radius 3 is 2.75 bits per heavy atom. The van der Waals surface area contributed by atoms with E-state index in [9.17, 15) is 4.79 Å². The van der Waals surface area contributed by atoms with Crippen LogP contribution in [0.1, 0.15) is 6.42 Å². The zero-order chi connectivity index (χ0) is 5.98. The molecule has 5 heteroatoms. The van der Waals surface area contributed by atoms with E-state index < -0.39 is 20.6 Å². The summed E-state index contributed by atoms with van der Waals surface area (Å²) in [6.45, 7) is 0.981. The number of halogens is 1. The number of hydrogen-bond acceptors (Lipinski definition) is 2. The van der Waals surface area contributed by atoms with Gasteiger partial charge in [0.1, 0.15) is 0 Å². The molecule has 0 bridgehead atoms. The van der Waals surface area contributed by atoms with Crippen LogP contribution >= 0.6 is 20.3 Å². The fraction of sp³-hybridized carbons (Fsp3) is 0.667. The van der Waals surface area contributed by atoms with E-state index in [-0.39, 0.29) is 0 Å². The van der Waals surface area contributed by atoms with Crippen LogP contribution in [0.3, 0.4) is 0 Å². The average Bonchev–Trinajstić information content (AvgIpc) is 1.79. The van der Waals surface area contributed by atoms with Gasteiger partial charge in [-0.1, -0.05) is 0 Å². The normalized spacial score (nSPS) is 17.6. The van der Waals surface area contributed by atoms with Gasteiger partial charge in [-0.05, 0) is 0 Å². The third kappa shape index (κ3) is 1.61. The van der Waals surface area contributed by atoms with Crippen molar-refractivity contribution >= 4 is 26.2 Å². The molecule has 0 aromatic rings. The SMILES string of the molecule is O=C1CCN1[S][Hg][Br]. The Labute approximate surface area is 68.3 Å². The Hall–Kier alpha value is 1.24. The summed E-state index contributed by atoms with van der Waals surface area (Å²) >= 11 is 2.65. The van der Waals surface area contributed by atoms with Crippen LogP contribution in [0.4, 0.5) is 0 Å². The molecule has 0 N–H and O–H groups in total. The van der Waals surface area contributed by atoms with Crippen molar-refractivity contribution < 1.29 is 25.4 Å². The summed E-state index contributed by atoms with van der Waals surface area (Å²) in [5.74, 6) is 0.314. The van der Waals surface area contributed by atoms with E-state index in [1.165, 1.54) is 0 Å². The first-order valence-electron chi connectivity index (χ1n) is 2.34. The molecule has 42 valence electrons. The van der Waals surface area contributed by atoms with Crippen LogP contribution in [0.25, 0.3) is 0 Å². The quantitative estimate of drug-likeness (QED) is 0.406. The Morgan fingerprint density at radius 1 is 1.88 bits per heavy atom. The second-order valence-electron chi connectivity index (χ2n) is 1.48. The van der Waals surface area contributed by atoms with E-state index in [1.807, 2.05) is 4.31 Å². The van der Waals surface area contributed by atoms with Crippen molar-refractivity contribution in [1.82, 2.24) is 4.31 Å². The predicted octanol–water partition coefficient (Wildman–Crippen LogP) is 1.17. The molecular weight excluding hydrogens is 379 g/mol. The number of nitrogens with zero attached hydrogens (tertiary/aromatic N) is 1. The van der Waals surface area contributed by atoms with Crippen LogP contribution in [-0.2, 0) is 25.4 Å². The molecule has 0 aliphatic carbocycles. The Bertz CT molecular complexity index is 111. The minimum absolute atomic E-state index is 0.314. The molecule has 8 heavy (non-hydrogen) atoms. The second kappa shape index (κ2) is 3.42. The van der Waals surface area contributed by atoms with Gasteiger partial charge < -0.3 is 0 Å². The summed E-state index contributed by atoms with van der Waals surface area (Å²) in [7, 11) is 1.75. The van der Waals surface area contributed by atoms with Crippen LogP contribution in [0.5, 0.6) is 0 Å². The summed E-state index contributed by atoms with van der Waals surface area (Å²) in [6, 6.07) is 0. The molecule has 0 aromatic heterocycles. The maximum absolute atomic E-state index is 10.5. The van der Waals surface area contributed by atoms with Gasteiger partial charge in [-0.3, -0.25) is 0 Å². The van der Waals surface area contributed by atoms with Crippen LogP contribution in [0, 0.1) is 0 Å². The molecule has 1 rings (SSSR count). The number of β-lactam (4-membered cyclic amide) rings is 1. The minimum atomic E-state index is -0.796. The predicted molar refractivity (Wildman–Crippen MR) is 32.8 cm³/mol. The van der Waals surface area contributed by atoms with Crippen molar-refractivity contribution in [2.24, 2.45) is 0 Å². The van der Waals surface area contributed by atoms with Gasteiger partial charge >= 0.3 is 68.9 Å². The number of rotatable bonds is 2. The second-order valence-corrected chi connectivity index (χ2v) is 20.0.